The summed E-state index contributed by atoms with van der Waals surface area (Å²) < 4.78 is 6.51. The maximum absolute atomic E-state index is 11.4. The predicted molar refractivity (Wildman–Crippen MR) is 84.0 cm³/mol. The number of esters is 1. The highest BCUT2D eigenvalue weighted by molar-refractivity contribution is 7.98. The number of aromatic nitrogens is 4. The van der Waals surface area contributed by atoms with Gasteiger partial charge in [-0.1, -0.05) is 12.1 Å². The number of nitrogens with zero attached hydrogens (tertiary/aromatic N) is 4. The van der Waals surface area contributed by atoms with Gasteiger partial charge in [0.25, 0.3) is 0 Å². The van der Waals surface area contributed by atoms with Gasteiger partial charge >= 0.3 is 5.97 Å². The van der Waals surface area contributed by atoms with Crippen molar-refractivity contribution in [1.29, 1.82) is 0 Å². The summed E-state index contributed by atoms with van der Waals surface area (Å²) in [5.74, 6) is -0.337. The minimum atomic E-state index is -0.337. The molecule has 7 heteroatoms. The summed E-state index contributed by atoms with van der Waals surface area (Å²) in [5.41, 5.74) is 3.21. The van der Waals surface area contributed by atoms with Crippen LogP contribution in [0, 0.1) is 0 Å². The van der Waals surface area contributed by atoms with Crippen molar-refractivity contribution in [2.24, 2.45) is 0 Å². The van der Waals surface area contributed by atoms with Gasteiger partial charge in [-0.05, 0) is 24.0 Å². The lowest BCUT2D eigenvalue weighted by Gasteiger charge is -2.03. The van der Waals surface area contributed by atoms with Crippen LogP contribution in [0.2, 0.25) is 0 Å². The summed E-state index contributed by atoms with van der Waals surface area (Å²) in [5, 5.41) is 5.40. The van der Waals surface area contributed by atoms with Crippen molar-refractivity contribution in [3.63, 3.8) is 0 Å². The molecule has 0 aliphatic carbocycles. The van der Waals surface area contributed by atoms with E-state index < -0.39 is 0 Å². The predicted octanol–water partition coefficient (Wildman–Crippen LogP) is 2.38. The fraction of sp³-hybridized carbons (Fsp3) is 0.200. The van der Waals surface area contributed by atoms with Gasteiger partial charge in [-0.2, -0.15) is 5.10 Å². The molecule has 3 rings (SSSR count). The molecule has 0 N–H and O–H groups in total. The number of carbonyl (C=O) groups is 1. The van der Waals surface area contributed by atoms with Crippen molar-refractivity contribution in [3.8, 4) is 0 Å². The molecular formula is C15H14N4O2S. The number of benzene rings is 1. The smallest absolute Gasteiger partial charge is 0.337 e. The molecular weight excluding hydrogens is 300 g/mol. The van der Waals surface area contributed by atoms with E-state index in [9.17, 15) is 4.79 Å². The fourth-order valence-electron chi connectivity index (χ4n) is 2.14. The Morgan fingerprint density at radius 3 is 2.73 bits per heavy atom. The zero-order chi connectivity index (χ0) is 15.5. The van der Waals surface area contributed by atoms with Crippen LogP contribution < -0.4 is 0 Å². The molecule has 0 fully saturated rings. The fourth-order valence-corrected chi connectivity index (χ4v) is 2.64. The Labute approximate surface area is 131 Å². The molecule has 0 aliphatic rings. The third-order valence-electron chi connectivity index (χ3n) is 3.23. The number of hydrogen-bond donors (Lipinski definition) is 0. The number of carbonyl (C=O) groups excluding carboxylic acids is 1. The molecule has 0 saturated heterocycles. The Balaban J connectivity index is 1.85. The van der Waals surface area contributed by atoms with Crippen molar-refractivity contribution in [3.05, 3.63) is 47.9 Å². The summed E-state index contributed by atoms with van der Waals surface area (Å²) in [4.78, 5) is 19.9. The molecule has 0 aliphatic heterocycles. The Kier molecular flexibility index (Phi) is 4.06. The average Bonchev–Trinajstić information content (AvgIpc) is 2.97. The van der Waals surface area contributed by atoms with Crippen molar-refractivity contribution >= 4 is 28.8 Å². The number of thioether (sulfide) groups is 1. The lowest BCUT2D eigenvalue weighted by atomic mass is 10.1. The SMILES string of the molecule is COC(=O)c1ccc(Cn2cc3ncnc(SC)c3n2)cc1. The Morgan fingerprint density at radius 1 is 1.27 bits per heavy atom. The first-order valence-electron chi connectivity index (χ1n) is 6.60. The van der Waals surface area contributed by atoms with E-state index >= 15 is 0 Å². The van der Waals surface area contributed by atoms with Gasteiger partial charge in [0.05, 0.1) is 25.4 Å². The number of rotatable bonds is 4. The molecule has 0 radical (unpaired) electrons. The van der Waals surface area contributed by atoms with Crippen LogP contribution >= 0.6 is 11.8 Å². The van der Waals surface area contributed by atoms with Gasteiger partial charge in [-0.3, -0.25) is 4.68 Å². The molecule has 0 unspecified atom stereocenters. The molecule has 0 bridgehead atoms. The molecule has 0 amide bonds. The number of hydrogen-bond acceptors (Lipinski definition) is 6. The summed E-state index contributed by atoms with van der Waals surface area (Å²) in [6, 6.07) is 7.27. The van der Waals surface area contributed by atoms with E-state index in [1.54, 1.807) is 30.2 Å². The van der Waals surface area contributed by atoms with Crippen molar-refractivity contribution in [2.45, 2.75) is 11.6 Å². The summed E-state index contributed by atoms with van der Waals surface area (Å²) in [6.45, 7) is 0.603. The van der Waals surface area contributed by atoms with Gasteiger partial charge in [-0.25, -0.2) is 14.8 Å². The van der Waals surface area contributed by atoms with E-state index in [0.717, 1.165) is 21.6 Å². The molecule has 3 aromatic rings. The van der Waals surface area contributed by atoms with E-state index in [1.165, 1.54) is 7.11 Å². The quantitative estimate of drug-likeness (QED) is 0.418. The number of ether oxygens (including phenoxy) is 1. The highest BCUT2D eigenvalue weighted by Gasteiger charge is 2.09. The average molecular weight is 314 g/mol. The summed E-state index contributed by atoms with van der Waals surface area (Å²) >= 11 is 1.55. The van der Waals surface area contributed by atoms with Gasteiger partial charge < -0.3 is 4.74 Å². The highest BCUT2D eigenvalue weighted by Crippen LogP contribution is 2.20. The zero-order valence-electron chi connectivity index (χ0n) is 12.2. The first-order valence-corrected chi connectivity index (χ1v) is 7.83. The van der Waals surface area contributed by atoms with Gasteiger partial charge in [0.2, 0.25) is 0 Å². The lowest BCUT2D eigenvalue weighted by Crippen LogP contribution is -2.03. The monoisotopic (exact) mass is 314 g/mol. The van der Waals surface area contributed by atoms with Crippen LogP contribution in [0.4, 0.5) is 0 Å². The molecule has 2 aromatic heterocycles. The minimum absolute atomic E-state index is 0.337. The second-order valence-electron chi connectivity index (χ2n) is 4.63. The van der Waals surface area contributed by atoms with Crippen molar-refractivity contribution < 1.29 is 9.53 Å². The van der Waals surface area contributed by atoms with Crippen LogP contribution in [0.5, 0.6) is 0 Å². The standard InChI is InChI=1S/C15H14N4O2S/c1-21-15(20)11-5-3-10(4-6-11)7-19-8-12-13(18-19)14(22-2)17-9-16-12/h3-6,8-9H,7H2,1-2H3. The number of methoxy groups -OCH3 is 1. The lowest BCUT2D eigenvalue weighted by molar-refractivity contribution is 0.0600. The Bertz CT molecular complexity index is 814. The van der Waals surface area contributed by atoms with Gasteiger partial charge in [-0.15, -0.1) is 11.8 Å². The van der Waals surface area contributed by atoms with E-state index in [-0.39, 0.29) is 5.97 Å². The Hall–Kier alpha value is -2.41. The molecule has 1 aromatic carbocycles. The van der Waals surface area contributed by atoms with Crippen LogP contribution in [0.1, 0.15) is 15.9 Å². The van der Waals surface area contributed by atoms with E-state index in [4.69, 9.17) is 0 Å². The van der Waals surface area contributed by atoms with E-state index in [2.05, 4.69) is 19.8 Å². The zero-order valence-corrected chi connectivity index (χ0v) is 13.0. The normalized spacial score (nSPS) is 10.8. The molecule has 0 spiro atoms. The van der Waals surface area contributed by atoms with Crippen LogP contribution in [-0.4, -0.2) is 39.1 Å². The van der Waals surface area contributed by atoms with Crippen LogP contribution in [0.3, 0.4) is 0 Å². The second-order valence-corrected chi connectivity index (χ2v) is 5.43. The largest absolute Gasteiger partial charge is 0.465 e. The first-order chi connectivity index (χ1) is 10.7. The topological polar surface area (TPSA) is 69.9 Å². The van der Waals surface area contributed by atoms with Gasteiger partial charge in [0.15, 0.2) is 0 Å². The molecule has 22 heavy (non-hydrogen) atoms. The molecule has 0 saturated carbocycles. The van der Waals surface area contributed by atoms with Crippen LogP contribution in [0.25, 0.3) is 11.0 Å². The maximum atomic E-state index is 11.4. The van der Waals surface area contributed by atoms with Crippen LogP contribution in [0.15, 0.2) is 41.8 Å². The van der Waals surface area contributed by atoms with E-state index in [0.29, 0.717) is 12.1 Å². The third kappa shape index (κ3) is 2.80. The number of fused-ring (bicyclic) bond motifs is 1. The summed E-state index contributed by atoms with van der Waals surface area (Å²) in [7, 11) is 1.37. The molecule has 2 heterocycles. The van der Waals surface area contributed by atoms with Gasteiger partial charge in [0.1, 0.15) is 22.4 Å². The second kappa shape index (κ2) is 6.15. The molecule has 6 nitrogen and oxygen atoms in total. The summed E-state index contributed by atoms with van der Waals surface area (Å²) in [6.07, 6.45) is 5.41. The maximum Gasteiger partial charge on any atom is 0.337 e. The first kappa shape index (κ1) is 14.5. The van der Waals surface area contributed by atoms with E-state index in [1.807, 2.05) is 29.3 Å². The molecule has 112 valence electrons. The minimum Gasteiger partial charge on any atom is -0.465 e. The third-order valence-corrected chi connectivity index (χ3v) is 3.92. The molecule has 0 atom stereocenters. The highest BCUT2D eigenvalue weighted by atomic mass is 32.2. The van der Waals surface area contributed by atoms with Gasteiger partial charge in [0, 0.05) is 0 Å². The van der Waals surface area contributed by atoms with Crippen molar-refractivity contribution in [1.82, 2.24) is 19.7 Å². The van der Waals surface area contributed by atoms with Crippen LogP contribution in [-0.2, 0) is 11.3 Å². The van der Waals surface area contributed by atoms with Crippen molar-refractivity contribution in [2.75, 3.05) is 13.4 Å². The Morgan fingerprint density at radius 2 is 2.05 bits per heavy atom.